The topological polar surface area (TPSA) is 78.0 Å². The van der Waals surface area contributed by atoms with Gasteiger partial charge in [0.25, 0.3) is 0 Å². The van der Waals surface area contributed by atoms with Crippen molar-refractivity contribution in [2.75, 3.05) is 12.8 Å². The van der Waals surface area contributed by atoms with Crippen molar-refractivity contribution in [2.45, 2.75) is 31.2 Å². The van der Waals surface area contributed by atoms with Crippen LogP contribution >= 0.6 is 0 Å². The summed E-state index contributed by atoms with van der Waals surface area (Å²) in [5.74, 6) is 0.598. The molecule has 0 amide bonds. The van der Waals surface area contributed by atoms with Gasteiger partial charge in [-0.1, -0.05) is 38.1 Å². The summed E-state index contributed by atoms with van der Waals surface area (Å²) in [5.41, 5.74) is 8.75. The van der Waals surface area contributed by atoms with E-state index in [1.807, 2.05) is 36.6 Å². The van der Waals surface area contributed by atoms with Gasteiger partial charge in [-0.2, -0.15) is 0 Å². The highest BCUT2D eigenvalue weighted by molar-refractivity contribution is 7.90. The summed E-state index contributed by atoms with van der Waals surface area (Å²) in [6.45, 7) is 4.26. The van der Waals surface area contributed by atoms with Crippen LogP contribution in [0.4, 0.5) is 4.39 Å². The molecule has 2 aromatic carbocycles. The molecule has 0 radical (unpaired) electrons. The van der Waals surface area contributed by atoms with Gasteiger partial charge in [-0.15, -0.1) is 0 Å². The number of sulfone groups is 1. The Bertz CT molecular complexity index is 1130. The largest absolute Gasteiger partial charge is 0.327 e. The maximum absolute atomic E-state index is 14.2. The van der Waals surface area contributed by atoms with Crippen LogP contribution in [0.15, 0.2) is 59.3 Å². The van der Waals surface area contributed by atoms with Gasteiger partial charge in [-0.3, -0.25) is 0 Å². The quantitative estimate of drug-likeness (QED) is 0.676. The number of fused-ring (bicyclic) bond motifs is 1. The normalized spacial score (nSPS) is 12.9. The second kappa shape index (κ2) is 7.85. The van der Waals surface area contributed by atoms with E-state index in [1.54, 1.807) is 24.3 Å². The summed E-state index contributed by atoms with van der Waals surface area (Å²) in [7, 11) is -3.25. The molecule has 3 rings (SSSR count). The van der Waals surface area contributed by atoms with E-state index in [1.165, 1.54) is 12.3 Å². The number of imidazole rings is 1. The number of benzene rings is 2. The first-order valence-corrected chi connectivity index (χ1v) is 11.0. The van der Waals surface area contributed by atoms with E-state index in [2.05, 4.69) is 0 Å². The molecule has 3 aromatic rings. The van der Waals surface area contributed by atoms with E-state index >= 15 is 0 Å². The number of hydrogen-bond acceptors (Lipinski definition) is 4. The van der Waals surface area contributed by atoms with Gasteiger partial charge in [0.2, 0.25) is 0 Å². The van der Waals surface area contributed by atoms with Gasteiger partial charge < -0.3 is 10.3 Å². The lowest BCUT2D eigenvalue weighted by molar-refractivity contribution is 0.541. The Balaban J connectivity index is 2.17. The van der Waals surface area contributed by atoms with Crippen LogP contribution in [0.1, 0.15) is 25.6 Å². The molecule has 0 aliphatic heterocycles. The van der Waals surface area contributed by atoms with Crippen LogP contribution in [0.5, 0.6) is 0 Å². The third-order valence-electron chi connectivity index (χ3n) is 4.57. The van der Waals surface area contributed by atoms with E-state index < -0.39 is 9.84 Å². The molecule has 0 saturated heterocycles. The Morgan fingerprint density at radius 2 is 1.89 bits per heavy atom. The van der Waals surface area contributed by atoms with Crippen molar-refractivity contribution in [3.63, 3.8) is 0 Å². The van der Waals surface area contributed by atoms with Gasteiger partial charge in [-0.25, -0.2) is 17.8 Å². The van der Waals surface area contributed by atoms with Gasteiger partial charge in [0.1, 0.15) is 11.7 Å². The van der Waals surface area contributed by atoms with Gasteiger partial charge in [-0.05, 0) is 29.8 Å². The van der Waals surface area contributed by atoms with Gasteiger partial charge in [0, 0.05) is 24.3 Å². The number of nitrogens with two attached hydrogens (primary N) is 1. The number of nitrogens with zero attached hydrogens (tertiary/aromatic N) is 2. The Labute approximate surface area is 164 Å². The summed E-state index contributed by atoms with van der Waals surface area (Å²) < 4.78 is 39.5. The third-order valence-corrected chi connectivity index (χ3v) is 5.70. The zero-order valence-corrected chi connectivity index (χ0v) is 17.0. The zero-order chi connectivity index (χ0) is 20.5. The molecule has 28 heavy (non-hydrogen) atoms. The number of allylic oxidation sites excluding steroid dienone is 1. The van der Waals surface area contributed by atoms with Crippen molar-refractivity contribution >= 4 is 20.9 Å². The lowest BCUT2D eigenvalue weighted by atomic mass is 10.0. The fourth-order valence-corrected chi connectivity index (χ4v) is 3.86. The molecule has 1 heterocycles. The average Bonchev–Trinajstić information content (AvgIpc) is 3.00. The first-order chi connectivity index (χ1) is 13.2. The van der Waals surface area contributed by atoms with Crippen molar-refractivity contribution in [1.29, 1.82) is 0 Å². The second-order valence-corrected chi connectivity index (χ2v) is 9.08. The summed E-state index contributed by atoms with van der Waals surface area (Å²) in [6, 6.07) is 12.5. The van der Waals surface area contributed by atoms with Crippen LogP contribution < -0.4 is 5.73 Å². The highest BCUT2D eigenvalue weighted by Gasteiger charge is 2.18. The maximum atomic E-state index is 14.2. The molecule has 0 saturated carbocycles. The predicted molar refractivity (Wildman–Crippen MR) is 111 cm³/mol. The summed E-state index contributed by atoms with van der Waals surface area (Å²) in [5, 5.41) is 0. The molecule has 0 bridgehead atoms. The molecule has 7 heteroatoms. The third kappa shape index (κ3) is 4.00. The Morgan fingerprint density at radius 3 is 2.46 bits per heavy atom. The number of hydrogen-bond donors (Lipinski definition) is 1. The fraction of sp³-hybridized carbons (Fsp3) is 0.286. The molecule has 5 nitrogen and oxygen atoms in total. The molecule has 0 aliphatic carbocycles. The zero-order valence-electron chi connectivity index (χ0n) is 16.2. The smallest absolute Gasteiger partial charge is 0.175 e. The average molecular weight is 402 g/mol. The van der Waals surface area contributed by atoms with Crippen molar-refractivity contribution in [3.05, 3.63) is 60.2 Å². The SMILES string of the molecule is CC(C)c1nc2c(-c3ccc(S(C)(=O)=O)cc3)cccc2n1C/C(F)=C/CN. The molecule has 0 atom stereocenters. The molecular formula is C21H24FN3O2S. The second-order valence-electron chi connectivity index (χ2n) is 7.07. The summed E-state index contributed by atoms with van der Waals surface area (Å²) in [4.78, 5) is 5.06. The molecule has 2 N–H and O–H groups in total. The Morgan fingerprint density at radius 1 is 1.21 bits per heavy atom. The molecule has 0 aliphatic rings. The van der Waals surface area contributed by atoms with E-state index in [0.29, 0.717) is 0 Å². The van der Waals surface area contributed by atoms with Crippen molar-refractivity contribution in [1.82, 2.24) is 9.55 Å². The lowest BCUT2D eigenvalue weighted by Gasteiger charge is -2.10. The van der Waals surface area contributed by atoms with E-state index in [0.717, 1.165) is 28.0 Å². The van der Waals surface area contributed by atoms with E-state index in [4.69, 9.17) is 10.7 Å². The number of aromatic nitrogens is 2. The molecule has 148 valence electrons. The first kappa shape index (κ1) is 20.2. The number of rotatable bonds is 6. The summed E-state index contributed by atoms with van der Waals surface area (Å²) in [6.07, 6.45) is 2.55. The predicted octanol–water partition coefficient (Wildman–Crippen LogP) is 4.04. The lowest BCUT2D eigenvalue weighted by Crippen LogP contribution is -2.07. The number of halogens is 1. The number of para-hydroxylation sites is 1. The van der Waals surface area contributed by atoms with Crippen LogP contribution in [-0.4, -0.2) is 30.8 Å². The minimum Gasteiger partial charge on any atom is -0.327 e. The Hall–Kier alpha value is -2.51. The van der Waals surface area contributed by atoms with Crippen LogP contribution in [0.2, 0.25) is 0 Å². The summed E-state index contributed by atoms with van der Waals surface area (Å²) >= 11 is 0. The molecule has 0 unspecified atom stereocenters. The Kier molecular flexibility index (Phi) is 5.67. The van der Waals surface area contributed by atoms with Crippen molar-refractivity contribution < 1.29 is 12.8 Å². The molecule has 1 aromatic heterocycles. The van der Waals surface area contributed by atoms with Crippen molar-refractivity contribution in [2.24, 2.45) is 5.73 Å². The van der Waals surface area contributed by atoms with Gasteiger partial charge >= 0.3 is 0 Å². The fourth-order valence-electron chi connectivity index (χ4n) is 3.23. The van der Waals surface area contributed by atoms with Crippen LogP contribution in [-0.2, 0) is 16.4 Å². The van der Waals surface area contributed by atoms with E-state index in [-0.39, 0.29) is 29.7 Å². The first-order valence-electron chi connectivity index (χ1n) is 9.06. The maximum Gasteiger partial charge on any atom is 0.175 e. The minimum absolute atomic E-state index is 0.0810. The van der Waals surface area contributed by atoms with Crippen LogP contribution in [0, 0.1) is 0 Å². The minimum atomic E-state index is -3.25. The van der Waals surface area contributed by atoms with Crippen LogP contribution in [0.25, 0.3) is 22.2 Å². The standard InChI is InChI=1S/C21H24FN3O2S/c1-14(2)21-24-20-18(15-7-9-17(10-8-15)28(3,26)27)5-4-6-19(20)25(21)13-16(22)11-12-23/h4-11,14H,12-13,23H2,1-3H3/b16-11-. The van der Waals surface area contributed by atoms with Crippen molar-refractivity contribution in [3.8, 4) is 11.1 Å². The molecule has 0 fully saturated rings. The molecular weight excluding hydrogens is 377 g/mol. The highest BCUT2D eigenvalue weighted by atomic mass is 32.2. The van der Waals surface area contributed by atoms with Gasteiger partial charge in [0.15, 0.2) is 9.84 Å². The monoisotopic (exact) mass is 401 g/mol. The van der Waals surface area contributed by atoms with Crippen LogP contribution in [0.3, 0.4) is 0 Å². The van der Waals surface area contributed by atoms with Gasteiger partial charge in [0.05, 0.1) is 22.5 Å². The van der Waals surface area contributed by atoms with E-state index in [9.17, 15) is 12.8 Å². The highest BCUT2D eigenvalue weighted by Crippen LogP contribution is 2.32. The molecule has 0 spiro atoms.